The van der Waals surface area contributed by atoms with E-state index in [4.69, 9.17) is 17.3 Å². The molecule has 0 heterocycles. The molecule has 4 nitrogen and oxygen atoms in total. The zero-order valence-corrected chi connectivity index (χ0v) is 13.0. The molecule has 0 radical (unpaired) electrons. The zero-order valence-electron chi connectivity index (χ0n) is 10.6. The van der Waals surface area contributed by atoms with Crippen LogP contribution in [0.25, 0.3) is 0 Å². The summed E-state index contributed by atoms with van der Waals surface area (Å²) in [6.45, 7) is 5.68. The molecule has 106 valence electrons. The van der Waals surface area contributed by atoms with E-state index in [9.17, 15) is 8.42 Å². The number of nitrogen functional groups attached to an aromatic ring is 1. The number of aryl methyl sites for hydroxylation is 1. The number of nitrogens with two attached hydrogens (primary N) is 1. The predicted octanol–water partition coefficient (Wildman–Crippen LogP) is 2.43. The van der Waals surface area contributed by atoms with Gasteiger partial charge in [0.2, 0.25) is 10.0 Å². The Morgan fingerprint density at radius 2 is 2.21 bits per heavy atom. The van der Waals surface area contributed by atoms with Gasteiger partial charge in [-0.15, -0.1) is 6.58 Å². The van der Waals surface area contributed by atoms with Gasteiger partial charge in [-0.3, -0.25) is 0 Å². The lowest BCUT2D eigenvalue weighted by molar-refractivity contribution is 0.584. The van der Waals surface area contributed by atoms with Gasteiger partial charge in [0, 0.05) is 18.1 Å². The molecule has 19 heavy (non-hydrogen) atoms. The van der Waals surface area contributed by atoms with Crippen molar-refractivity contribution in [2.45, 2.75) is 11.8 Å². The summed E-state index contributed by atoms with van der Waals surface area (Å²) in [5.74, 6) is 1.49. The second-order valence-electron chi connectivity index (χ2n) is 3.90. The molecule has 3 N–H and O–H groups in total. The highest BCUT2D eigenvalue weighted by Gasteiger charge is 2.16. The van der Waals surface area contributed by atoms with Gasteiger partial charge in [-0.1, -0.05) is 17.7 Å². The first-order chi connectivity index (χ1) is 8.88. The third kappa shape index (κ3) is 4.72. The zero-order chi connectivity index (χ0) is 14.5. The molecule has 0 saturated heterocycles. The fraction of sp³-hybridized carbons (Fsp3) is 0.333. The lowest BCUT2D eigenvalue weighted by Crippen LogP contribution is -2.26. The Morgan fingerprint density at radius 1 is 1.53 bits per heavy atom. The summed E-state index contributed by atoms with van der Waals surface area (Å²) in [4.78, 5) is 0.139. The van der Waals surface area contributed by atoms with Gasteiger partial charge in [0.25, 0.3) is 0 Å². The van der Waals surface area contributed by atoms with Gasteiger partial charge >= 0.3 is 0 Å². The van der Waals surface area contributed by atoms with E-state index in [1.165, 1.54) is 12.1 Å². The van der Waals surface area contributed by atoms with E-state index >= 15 is 0 Å². The highest BCUT2D eigenvalue weighted by Crippen LogP contribution is 2.26. The summed E-state index contributed by atoms with van der Waals surface area (Å²) in [5, 5.41) is 0.389. The first kappa shape index (κ1) is 16.4. The Bertz CT molecular complexity index is 536. The third-order valence-electron chi connectivity index (χ3n) is 2.34. The maximum absolute atomic E-state index is 12.0. The molecule has 0 aliphatic carbocycles. The molecule has 1 rings (SSSR count). The fourth-order valence-electron chi connectivity index (χ4n) is 1.42. The summed E-state index contributed by atoms with van der Waals surface area (Å²) in [7, 11) is -3.54. The summed E-state index contributed by atoms with van der Waals surface area (Å²) in [6.07, 6.45) is 1.78. The highest BCUT2D eigenvalue weighted by molar-refractivity contribution is 7.99. The quantitative estimate of drug-likeness (QED) is 0.460. The van der Waals surface area contributed by atoms with Gasteiger partial charge in [-0.25, -0.2) is 13.1 Å². The number of benzene rings is 1. The number of sulfonamides is 1. The molecule has 1 aromatic carbocycles. The average Bonchev–Trinajstić information content (AvgIpc) is 2.35. The Kier molecular flexibility index (Phi) is 6.19. The molecule has 0 spiro atoms. The second kappa shape index (κ2) is 7.19. The number of nitrogens with one attached hydrogen (secondary N) is 1. The monoisotopic (exact) mass is 320 g/mol. The first-order valence-corrected chi connectivity index (χ1v) is 8.64. The lowest BCUT2D eigenvalue weighted by Gasteiger charge is -2.09. The van der Waals surface area contributed by atoms with Crippen LogP contribution >= 0.6 is 23.4 Å². The van der Waals surface area contributed by atoms with Crippen molar-refractivity contribution >= 4 is 39.1 Å². The van der Waals surface area contributed by atoms with Crippen LogP contribution in [-0.2, 0) is 10.0 Å². The van der Waals surface area contributed by atoms with Crippen LogP contribution in [0.1, 0.15) is 5.56 Å². The van der Waals surface area contributed by atoms with Gasteiger partial charge < -0.3 is 5.73 Å². The van der Waals surface area contributed by atoms with Gasteiger partial charge in [0.1, 0.15) is 0 Å². The molecule has 0 fully saturated rings. The smallest absolute Gasteiger partial charge is 0.240 e. The summed E-state index contributed by atoms with van der Waals surface area (Å²) < 4.78 is 26.6. The van der Waals surface area contributed by atoms with Crippen LogP contribution in [0.2, 0.25) is 5.02 Å². The molecule has 1 aromatic rings. The molecular weight excluding hydrogens is 304 g/mol. The van der Waals surface area contributed by atoms with E-state index in [0.29, 0.717) is 22.9 Å². The maximum atomic E-state index is 12.0. The minimum atomic E-state index is -3.54. The van der Waals surface area contributed by atoms with E-state index in [-0.39, 0.29) is 10.6 Å². The van der Waals surface area contributed by atoms with Crippen LogP contribution in [-0.4, -0.2) is 26.5 Å². The van der Waals surface area contributed by atoms with Crippen LogP contribution in [0.5, 0.6) is 0 Å². The molecule has 0 aliphatic rings. The van der Waals surface area contributed by atoms with Crippen molar-refractivity contribution in [3.8, 4) is 0 Å². The largest absolute Gasteiger partial charge is 0.397 e. The van der Waals surface area contributed by atoms with Gasteiger partial charge in [-0.2, -0.15) is 11.8 Å². The molecule has 0 bridgehead atoms. The molecular formula is C12H17ClN2O2S2. The molecule has 7 heteroatoms. The second-order valence-corrected chi connectivity index (χ2v) is 7.20. The van der Waals surface area contributed by atoms with E-state index in [1.54, 1.807) is 24.8 Å². The normalized spacial score (nSPS) is 11.5. The fourth-order valence-corrected chi connectivity index (χ4v) is 3.39. The van der Waals surface area contributed by atoms with Crippen molar-refractivity contribution in [3.63, 3.8) is 0 Å². The average molecular weight is 321 g/mol. The number of thioether (sulfide) groups is 1. The van der Waals surface area contributed by atoms with Gasteiger partial charge in [0.05, 0.1) is 15.6 Å². The lowest BCUT2D eigenvalue weighted by atomic mass is 10.2. The predicted molar refractivity (Wildman–Crippen MR) is 83.3 cm³/mol. The van der Waals surface area contributed by atoms with Crippen LogP contribution in [0, 0.1) is 6.92 Å². The van der Waals surface area contributed by atoms with Gasteiger partial charge in [0.15, 0.2) is 0 Å². The molecule has 0 unspecified atom stereocenters. The number of halogens is 1. The molecule has 0 atom stereocenters. The highest BCUT2D eigenvalue weighted by atomic mass is 35.5. The number of anilines is 1. The van der Waals surface area contributed by atoms with Crippen molar-refractivity contribution in [3.05, 3.63) is 35.4 Å². The number of rotatable bonds is 7. The van der Waals surface area contributed by atoms with Crippen molar-refractivity contribution in [1.29, 1.82) is 0 Å². The molecule has 0 amide bonds. The molecule has 0 aromatic heterocycles. The summed E-state index contributed by atoms with van der Waals surface area (Å²) in [5.41, 5.74) is 6.58. The van der Waals surface area contributed by atoms with Crippen LogP contribution < -0.4 is 10.5 Å². The first-order valence-electron chi connectivity index (χ1n) is 5.62. The van der Waals surface area contributed by atoms with E-state index in [0.717, 1.165) is 5.75 Å². The summed E-state index contributed by atoms with van der Waals surface area (Å²) >= 11 is 7.52. The maximum Gasteiger partial charge on any atom is 0.240 e. The van der Waals surface area contributed by atoms with E-state index in [1.807, 2.05) is 0 Å². The molecule has 0 saturated carbocycles. The van der Waals surface area contributed by atoms with Crippen molar-refractivity contribution in [2.24, 2.45) is 0 Å². The summed E-state index contributed by atoms with van der Waals surface area (Å²) in [6, 6.07) is 2.88. The van der Waals surface area contributed by atoms with Crippen molar-refractivity contribution < 1.29 is 8.42 Å². The number of hydrogen-bond acceptors (Lipinski definition) is 4. The Labute approximate surface area is 123 Å². The SMILES string of the molecule is C=CCSCCNS(=O)(=O)c1cc(C)c(Cl)c(N)c1. The van der Waals surface area contributed by atoms with E-state index in [2.05, 4.69) is 11.3 Å². The third-order valence-corrected chi connectivity index (χ3v) is 5.26. The Hall–Kier alpha value is -0.690. The topological polar surface area (TPSA) is 72.2 Å². The molecule has 0 aliphatic heterocycles. The van der Waals surface area contributed by atoms with Crippen molar-refractivity contribution in [1.82, 2.24) is 4.72 Å². The Morgan fingerprint density at radius 3 is 2.79 bits per heavy atom. The van der Waals surface area contributed by atoms with Crippen LogP contribution in [0.15, 0.2) is 29.7 Å². The van der Waals surface area contributed by atoms with E-state index < -0.39 is 10.0 Å². The number of hydrogen-bond donors (Lipinski definition) is 2. The van der Waals surface area contributed by atoms with Crippen molar-refractivity contribution in [2.75, 3.05) is 23.8 Å². The minimum Gasteiger partial charge on any atom is -0.397 e. The van der Waals surface area contributed by atoms with Crippen LogP contribution in [0.4, 0.5) is 5.69 Å². The standard InChI is InChI=1S/C12H17ClN2O2S2/c1-3-5-18-6-4-15-19(16,17)10-7-9(2)12(13)11(14)8-10/h3,7-8,15H,1,4-6,14H2,2H3. The minimum absolute atomic E-state index is 0.139. The van der Waals surface area contributed by atoms with Gasteiger partial charge in [-0.05, 0) is 24.6 Å². The van der Waals surface area contributed by atoms with Crippen LogP contribution in [0.3, 0.4) is 0 Å². The Balaban J connectivity index is 2.75.